The first-order valence-corrected chi connectivity index (χ1v) is 9.39. The zero-order valence-electron chi connectivity index (χ0n) is 16.3. The number of ether oxygens (including phenoxy) is 3. The third-order valence-electron chi connectivity index (χ3n) is 4.79. The van der Waals surface area contributed by atoms with E-state index in [2.05, 4.69) is 6.58 Å². The third-order valence-corrected chi connectivity index (χ3v) is 4.79. The van der Waals surface area contributed by atoms with Crippen LogP contribution in [0, 0.1) is 0 Å². The van der Waals surface area contributed by atoms with Crippen LogP contribution in [0.5, 0.6) is 5.75 Å². The molecule has 6 heteroatoms. The summed E-state index contributed by atoms with van der Waals surface area (Å²) in [6.45, 7) is 9.85. The van der Waals surface area contributed by atoms with Gasteiger partial charge >= 0.3 is 5.97 Å². The summed E-state index contributed by atoms with van der Waals surface area (Å²) in [6.07, 6.45) is 3.56. The first-order valence-electron chi connectivity index (χ1n) is 9.39. The molecule has 1 spiro atoms. The summed E-state index contributed by atoms with van der Waals surface area (Å²) in [7, 11) is 0. The lowest BCUT2D eigenvalue weighted by atomic mass is 10.0. The van der Waals surface area contributed by atoms with E-state index < -0.39 is 11.4 Å². The quantitative estimate of drug-likeness (QED) is 0.552. The SMILES string of the molecule is C=C(c1cccc(OC(C)(C)COC(C)=O)c1)C1COC2(CCCC2)OO1. The van der Waals surface area contributed by atoms with E-state index >= 15 is 0 Å². The predicted molar refractivity (Wildman–Crippen MR) is 99.9 cm³/mol. The second kappa shape index (κ2) is 8.00. The van der Waals surface area contributed by atoms with Crippen LogP contribution in [0.3, 0.4) is 0 Å². The van der Waals surface area contributed by atoms with Crippen molar-refractivity contribution < 1.29 is 28.8 Å². The molecule has 6 nitrogen and oxygen atoms in total. The second-order valence-electron chi connectivity index (χ2n) is 7.79. The largest absolute Gasteiger partial charge is 0.484 e. The first-order chi connectivity index (χ1) is 12.8. The van der Waals surface area contributed by atoms with Gasteiger partial charge in [0.25, 0.3) is 0 Å². The summed E-state index contributed by atoms with van der Waals surface area (Å²) >= 11 is 0. The Bertz CT molecular complexity index is 680. The van der Waals surface area contributed by atoms with Gasteiger partial charge in [0.1, 0.15) is 24.1 Å². The van der Waals surface area contributed by atoms with Crippen LogP contribution in [0.15, 0.2) is 30.8 Å². The van der Waals surface area contributed by atoms with Gasteiger partial charge in [-0.25, -0.2) is 9.78 Å². The number of benzene rings is 1. The average Bonchev–Trinajstić information content (AvgIpc) is 3.08. The number of carbonyl (C=O) groups is 1. The molecule has 1 heterocycles. The summed E-state index contributed by atoms with van der Waals surface area (Å²) in [5.74, 6) is -0.235. The molecule has 1 saturated carbocycles. The van der Waals surface area contributed by atoms with Crippen LogP contribution in [-0.2, 0) is 24.0 Å². The second-order valence-corrected chi connectivity index (χ2v) is 7.79. The van der Waals surface area contributed by atoms with Crippen molar-refractivity contribution in [2.45, 2.75) is 63.9 Å². The smallest absolute Gasteiger partial charge is 0.302 e. The fourth-order valence-corrected chi connectivity index (χ4v) is 3.29. The molecule has 1 unspecified atom stereocenters. The van der Waals surface area contributed by atoms with Crippen LogP contribution < -0.4 is 4.74 Å². The lowest BCUT2D eigenvalue weighted by molar-refractivity contribution is -0.475. The zero-order valence-corrected chi connectivity index (χ0v) is 16.3. The summed E-state index contributed by atoms with van der Waals surface area (Å²) in [6, 6.07) is 7.58. The molecule has 0 aromatic heterocycles. The summed E-state index contributed by atoms with van der Waals surface area (Å²) < 4.78 is 17.0. The maximum Gasteiger partial charge on any atom is 0.302 e. The van der Waals surface area contributed by atoms with Crippen molar-refractivity contribution in [2.75, 3.05) is 13.2 Å². The van der Waals surface area contributed by atoms with Crippen LogP contribution in [-0.4, -0.2) is 36.7 Å². The third kappa shape index (κ3) is 5.09. The summed E-state index contributed by atoms with van der Waals surface area (Å²) in [4.78, 5) is 22.2. The Morgan fingerprint density at radius 1 is 1.33 bits per heavy atom. The van der Waals surface area contributed by atoms with E-state index in [1.165, 1.54) is 6.92 Å². The van der Waals surface area contributed by atoms with Crippen molar-refractivity contribution in [3.63, 3.8) is 0 Å². The molecular weight excluding hydrogens is 348 g/mol. The van der Waals surface area contributed by atoms with E-state index in [0.29, 0.717) is 12.4 Å². The Balaban J connectivity index is 1.61. The van der Waals surface area contributed by atoms with Gasteiger partial charge in [-0.1, -0.05) is 18.7 Å². The van der Waals surface area contributed by atoms with Gasteiger partial charge < -0.3 is 14.2 Å². The van der Waals surface area contributed by atoms with E-state index in [9.17, 15) is 4.79 Å². The van der Waals surface area contributed by atoms with E-state index in [-0.39, 0.29) is 18.7 Å². The van der Waals surface area contributed by atoms with Crippen molar-refractivity contribution in [1.29, 1.82) is 0 Å². The standard InChI is InChI=1S/C21H28O6/c1-15(19-13-24-21(27-26-19)10-5-6-11-21)17-8-7-9-18(12-17)25-20(3,4)14-23-16(2)22/h7-9,12,19H,1,5-6,10-11,13-14H2,2-4H3. The van der Waals surface area contributed by atoms with Gasteiger partial charge in [0.2, 0.25) is 5.79 Å². The zero-order chi connectivity index (χ0) is 19.5. The fraction of sp³-hybridized carbons (Fsp3) is 0.571. The molecule has 27 heavy (non-hydrogen) atoms. The minimum Gasteiger partial charge on any atom is -0.484 e. The number of esters is 1. The number of hydrogen-bond donors (Lipinski definition) is 0. The van der Waals surface area contributed by atoms with Gasteiger partial charge in [-0.3, -0.25) is 4.79 Å². The lowest BCUT2D eigenvalue weighted by Gasteiger charge is -2.36. The van der Waals surface area contributed by atoms with Crippen molar-refractivity contribution >= 4 is 11.5 Å². The Morgan fingerprint density at radius 3 is 2.70 bits per heavy atom. The highest BCUT2D eigenvalue weighted by Gasteiger charge is 2.42. The molecule has 148 valence electrons. The van der Waals surface area contributed by atoms with E-state index in [1.54, 1.807) is 0 Å². The molecule has 1 aliphatic carbocycles. The van der Waals surface area contributed by atoms with Crippen LogP contribution in [0.4, 0.5) is 0 Å². The molecule has 1 aliphatic heterocycles. The Morgan fingerprint density at radius 2 is 2.07 bits per heavy atom. The Hall–Kier alpha value is -1.89. The monoisotopic (exact) mass is 376 g/mol. The molecule has 2 fully saturated rings. The highest BCUT2D eigenvalue weighted by molar-refractivity contribution is 5.68. The van der Waals surface area contributed by atoms with Crippen molar-refractivity contribution in [2.24, 2.45) is 0 Å². The highest BCUT2D eigenvalue weighted by Crippen LogP contribution is 2.39. The molecule has 0 N–H and O–H groups in total. The van der Waals surface area contributed by atoms with Crippen LogP contribution in [0.1, 0.15) is 52.0 Å². The highest BCUT2D eigenvalue weighted by atomic mass is 17.2. The molecule has 1 aromatic rings. The normalized spacial score (nSPS) is 21.8. The number of hydrogen-bond acceptors (Lipinski definition) is 6. The maximum absolute atomic E-state index is 11.0. The topological polar surface area (TPSA) is 63.2 Å². The Kier molecular flexibility index (Phi) is 5.89. The molecule has 0 amide bonds. The number of carbonyl (C=O) groups excluding carboxylic acids is 1. The number of rotatable bonds is 6. The van der Waals surface area contributed by atoms with Gasteiger partial charge in [-0.15, -0.1) is 0 Å². The van der Waals surface area contributed by atoms with Crippen molar-refractivity contribution in [1.82, 2.24) is 0 Å². The van der Waals surface area contributed by atoms with E-state index in [1.807, 2.05) is 38.1 Å². The van der Waals surface area contributed by atoms with E-state index in [0.717, 1.165) is 36.8 Å². The predicted octanol–water partition coefficient (Wildman–Crippen LogP) is 4.04. The van der Waals surface area contributed by atoms with Crippen molar-refractivity contribution in [3.05, 3.63) is 36.4 Å². The molecule has 1 aromatic carbocycles. The molecule has 3 rings (SSSR count). The molecule has 1 saturated heterocycles. The summed E-state index contributed by atoms with van der Waals surface area (Å²) in [5.41, 5.74) is 1.01. The fourth-order valence-electron chi connectivity index (χ4n) is 3.29. The first kappa shape index (κ1) is 19.9. The average molecular weight is 376 g/mol. The van der Waals surface area contributed by atoms with Crippen LogP contribution >= 0.6 is 0 Å². The molecular formula is C21H28O6. The minimum atomic E-state index is -0.645. The summed E-state index contributed by atoms with van der Waals surface area (Å²) in [5, 5.41) is 0. The van der Waals surface area contributed by atoms with Crippen molar-refractivity contribution in [3.8, 4) is 5.75 Å². The minimum absolute atomic E-state index is 0.170. The Labute approximate surface area is 160 Å². The lowest BCUT2D eigenvalue weighted by Crippen LogP contribution is -2.43. The van der Waals surface area contributed by atoms with Crippen LogP contribution in [0.2, 0.25) is 0 Å². The van der Waals surface area contributed by atoms with Gasteiger partial charge in [-0.2, -0.15) is 0 Å². The molecule has 1 atom stereocenters. The van der Waals surface area contributed by atoms with Crippen LogP contribution in [0.25, 0.3) is 5.57 Å². The molecule has 0 bridgehead atoms. The van der Waals surface area contributed by atoms with Gasteiger partial charge in [0, 0.05) is 19.8 Å². The molecule has 0 radical (unpaired) electrons. The van der Waals surface area contributed by atoms with E-state index in [4.69, 9.17) is 24.0 Å². The molecule has 2 aliphatic rings. The van der Waals surface area contributed by atoms with Gasteiger partial charge in [-0.05, 0) is 50.0 Å². The van der Waals surface area contributed by atoms with Gasteiger partial charge in [0.15, 0.2) is 0 Å². The maximum atomic E-state index is 11.0. The van der Waals surface area contributed by atoms with Gasteiger partial charge in [0.05, 0.1) is 6.61 Å².